The predicted octanol–water partition coefficient (Wildman–Crippen LogP) is 3.97. The van der Waals surface area contributed by atoms with E-state index < -0.39 is 0 Å². The minimum absolute atomic E-state index is 0. The van der Waals surface area contributed by atoms with Crippen LogP contribution in [0, 0.1) is 0 Å². The number of ether oxygens (including phenoxy) is 2. The summed E-state index contributed by atoms with van der Waals surface area (Å²) in [5, 5.41) is 7.83. The first kappa shape index (κ1) is 24.5. The molecule has 0 saturated heterocycles. The molecule has 0 radical (unpaired) electrons. The number of aromatic nitrogens is 2. The number of guanidine groups is 1. The average molecular weight is 535 g/mol. The molecule has 0 aliphatic heterocycles. The molecule has 0 aliphatic rings. The van der Waals surface area contributed by atoms with Crippen LogP contribution >= 0.6 is 24.0 Å². The summed E-state index contributed by atoms with van der Waals surface area (Å²) in [5.41, 5.74) is 2.14. The largest absolute Gasteiger partial charge is 0.493 e. The first-order valence-electron chi connectivity index (χ1n) is 9.91. The van der Waals surface area contributed by atoms with Crippen molar-refractivity contribution in [2.75, 3.05) is 27.7 Å². The van der Waals surface area contributed by atoms with E-state index in [1.54, 1.807) is 14.2 Å². The number of nitrogens with one attached hydrogen (secondary N) is 1. The fraction of sp³-hybridized carbons (Fsp3) is 0.304. The van der Waals surface area contributed by atoms with Gasteiger partial charge in [-0.1, -0.05) is 30.3 Å². The summed E-state index contributed by atoms with van der Waals surface area (Å²) < 4.78 is 13.2. The van der Waals surface area contributed by atoms with Crippen LogP contribution in [0.3, 0.4) is 0 Å². The van der Waals surface area contributed by atoms with Gasteiger partial charge >= 0.3 is 0 Å². The van der Waals surface area contributed by atoms with Crippen molar-refractivity contribution in [1.29, 1.82) is 0 Å². The first-order chi connectivity index (χ1) is 14.6. The molecule has 1 N–H and O–H groups in total. The van der Waals surface area contributed by atoms with Crippen LogP contribution in [0.4, 0.5) is 0 Å². The lowest BCUT2D eigenvalue weighted by Gasteiger charge is -2.23. The molecule has 1 aromatic heterocycles. The molecule has 1 unspecified atom stereocenters. The fourth-order valence-electron chi connectivity index (χ4n) is 3.11. The van der Waals surface area contributed by atoms with E-state index in [1.165, 1.54) is 0 Å². The van der Waals surface area contributed by atoms with E-state index in [4.69, 9.17) is 9.47 Å². The van der Waals surface area contributed by atoms with E-state index in [2.05, 4.69) is 20.3 Å². The van der Waals surface area contributed by atoms with Crippen molar-refractivity contribution in [2.45, 2.75) is 19.6 Å². The molecule has 0 spiro atoms. The van der Waals surface area contributed by atoms with Crippen LogP contribution in [-0.2, 0) is 6.54 Å². The lowest BCUT2D eigenvalue weighted by atomic mass is 10.3. The molecular formula is C23H30IN5O2. The number of hydrogen-bond donors (Lipinski definition) is 1. The maximum absolute atomic E-state index is 6.01. The summed E-state index contributed by atoms with van der Waals surface area (Å²) in [5.74, 6) is 2.24. The second kappa shape index (κ2) is 12.2. The molecule has 1 heterocycles. The van der Waals surface area contributed by atoms with Gasteiger partial charge in [-0.2, -0.15) is 5.10 Å². The Labute approximate surface area is 201 Å². The van der Waals surface area contributed by atoms with Gasteiger partial charge in [-0.25, -0.2) is 4.68 Å². The molecule has 3 rings (SSSR count). The number of aliphatic imine (C=N–C) groups is 1. The zero-order chi connectivity index (χ0) is 21.3. The number of benzene rings is 2. The van der Waals surface area contributed by atoms with Crippen molar-refractivity contribution in [3.05, 3.63) is 72.6 Å². The van der Waals surface area contributed by atoms with Gasteiger partial charge in [-0.3, -0.25) is 4.99 Å². The number of para-hydroxylation sites is 3. The Bertz CT molecular complexity index is 961. The number of methoxy groups -OCH3 is 1. The van der Waals surface area contributed by atoms with Crippen molar-refractivity contribution >= 4 is 29.9 Å². The number of nitrogens with zero attached hydrogens (tertiary/aromatic N) is 4. The number of rotatable bonds is 8. The maximum atomic E-state index is 6.01. The molecule has 0 fully saturated rings. The molecule has 1 atom stereocenters. The van der Waals surface area contributed by atoms with Gasteiger partial charge in [0.2, 0.25) is 0 Å². The number of hydrogen-bond acceptors (Lipinski definition) is 4. The van der Waals surface area contributed by atoms with Gasteiger partial charge < -0.3 is 19.7 Å². The van der Waals surface area contributed by atoms with Gasteiger partial charge in [0.25, 0.3) is 0 Å². The van der Waals surface area contributed by atoms with Crippen molar-refractivity contribution in [1.82, 2.24) is 20.0 Å². The monoisotopic (exact) mass is 535 g/mol. The Morgan fingerprint density at radius 1 is 1.13 bits per heavy atom. The van der Waals surface area contributed by atoms with E-state index in [9.17, 15) is 0 Å². The number of halogens is 1. The molecule has 166 valence electrons. The van der Waals surface area contributed by atoms with Crippen LogP contribution in [0.25, 0.3) is 5.69 Å². The normalized spacial score (nSPS) is 11.9. The van der Waals surface area contributed by atoms with Crippen LogP contribution in [0.5, 0.6) is 11.5 Å². The van der Waals surface area contributed by atoms with E-state index >= 15 is 0 Å². The molecule has 0 saturated carbocycles. The molecule has 2 aromatic carbocycles. The highest BCUT2D eigenvalue weighted by atomic mass is 127. The van der Waals surface area contributed by atoms with Crippen molar-refractivity contribution in [3.63, 3.8) is 0 Å². The maximum Gasteiger partial charge on any atom is 0.193 e. The highest BCUT2D eigenvalue weighted by Crippen LogP contribution is 2.26. The van der Waals surface area contributed by atoms with Crippen molar-refractivity contribution < 1.29 is 9.47 Å². The lowest BCUT2D eigenvalue weighted by molar-refractivity contribution is 0.212. The second-order valence-electron chi connectivity index (χ2n) is 6.99. The van der Waals surface area contributed by atoms with Crippen LogP contribution in [0.1, 0.15) is 12.5 Å². The van der Waals surface area contributed by atoms with Gasteiger partial charge in [0.15, 0.2) is 17.5 Å². The Morgan fingerprint density at radius 3 is 2.48 bits per heavy atom. The highest BCUT2D eigenvalue weighted by Gasteiger charge is 2.12. The Balaban J connectivity index is 0.00000341. The summed E-state index contributed by atoms with van der Waals surface area (Å²) in [6, 6.07) is 17.7. The summed E-state index contributed by atoms with van der Waals surface area (Å²) in [4.78, 5) is 6.44. The molecule has 8 heteroatoms. The topological polar surface area (TPSA) is 63.9 Å². The molecule has 0 bridgehead atoms. The van der Waals surface area contributed by atoms with Gasteiger partial charge in [0.1, 0.15) is 6.10 Å². The van der Waals surface area contributed by atoms with Gasteiger partial charge in [0, 0.05) is 32.4 Å². The van der Waals surface area contributed by atoms with E-state index in [1.807, 2.05) is 85.6 Å². The van der Waals surface area contributed by atoms with Crippen LogP contribution < -0.4 is 14.8 Å². The molecule has 7 nitrogen and oxygen atoms in total. The minimum atomic E-state index is -0.0627. The summed E-state index contributed by atoms with van der Waals surface area (Å²) in [7, 11) is 5.42. The van der Waals surface area contributed by atoms with Crippen LogP contribution in [0.2, 0.25) is 0 Å². The van der Waals surface area contributed by atoms with Crippen molar-refractivity contribution in [2.24, 2.45) is 4.99 Å². The molecule has 0 aliphatic carbocycles. The van der Waals surface area contributed by atoms with Gasteiger partial charge in [0.05, 0.1) is 25.5 Å². The molecular weight excluding hydrogens is 505 g/mol. The smallest absolute Gasteiger partial charge is 0.193 e. The lowest BCUT2D eigenvalue weighted by Crippen LogP contribution is -2.42. The molecule has 0 amide bonds. The second-order valence-corrected chi connectivity index (χ2v) is 6.99. The third-order valence-electron chi connectivity index (χ3n) is 4.59. The Morgan fingerprint density at radius 2 is 1.81 bits per heavy atom. The van der Waals surface area contributed by atoms with Crippen LogP contribution in [0.15, 0.2) is 72.0 Å². The molecule has 3 aromatic rings. The van der Waals surface area contributed by atoms with Crippen molar-refractivity contribution in [3.8, 4) is 17.2 Å². The zero-order valence-electron chi connectivity index (χ0n) is 18.4. The van der Waals surface area contributed by atoms with Gasteiger partial charge in [-0.05, 0) is 31.2 Å². The van der Waals surface area contributed by atoms with Crippen LogP contribution in [-0.4, -0.2) is 54.5 Å². The van der Waals surface area contributed by atoms with E-state index in [-0.39, 0.29) is 30.1 Å². The average Bonchev–Trinajstić information content (AvgIpc) is 3.23. The standard InChI is InChI=1S/C23H29N5O2.HI/c1-18(30-22-13-9-8-12-21(22)29-4)14-25-23(24-2)27(3)16-19-15-26-28(17-19)20-10-6-5-7-11-20;/h5-13,15,17-18H,14,16H2,1-4H3,(H,24,25);1H. The third-order valence-corrected chi connectivity index (χ3v) is 4.59. The van der Waals surface area contributed by atoms with E-state index in [0.29, 0.717) is 13.1 Å². The Kier molecular flexibility index (Phi) is 9.64. The minimum Gasteiger partial charge on any atom is -0.493 e. The SMILES string of the molecule is CN=C(NCC(C)Oc1ccccc1OC)N(C)Cc1cnn(-c2ccccc2)c1.I. The predicted molar refractivity (Wildman–Crippen MR) is 135 cm³/mol. The molecule has 31 heavy (non-hydrogen) atoms. The summed E-state index contributed by atoms with van der Waals surface area (Å²) in [6.45, 7) is 3.31. The van der Waals surface area contributed by atoms with Gasteiger partial charge in [-0.15, -0.1) is 24.0 Å². The first-order valence-corrected chi connectivity index (χ1v) is 9.91. The summed E-state index contributed by atoms with van der Waals surface area (Å²) in [6.07, 6.45) is 3.85. The third kappa shape index (κ3) is 6.88. The summed E-state index contributed by atoms with van der Waals surface area (Å²) >= 11 is 0. The quantitative estimate of drug-likeness (QED) is 0.269. The fourth-order valence-corrected chi connectivity index (χ4v) is 3.11. The zero-order valence-corrected chi connectivity index (χ0v) is 20.7. The van der Waals surface area contributed by atoms with E-state index in [0.717, 1.165) is 28.7 Å². The Hall–Kier alpha value is -2.75. The highest BCUT2D eigenvalue weighted by molar-refractivity contribution is 14.0.